The number of nitriles is 1. The van der Waals surface area contributed by atoms with E-state index in [1.54, 1.807) is 0 Å². The van der Waals surface area contributed by atoms with Gasteiger partial charge >= 0.3 is 6.18 Å². The van der Waals surface area contributed by atoms with Gasteiger partial charge in [-0.15, -0.1) is 0 Å². The fourth-order valence-corrected chi connectivity index (χ4v) is 4.09. The van der Waals surface area contributed by atoms with Gasteiger partial charge in [-0.3, -0.25) is 0 Å². The molecule has 17 heavy (non-hydrogen) atoms. The number of nitrogens with zero attached hydrogens (tertiary/aromatic N) is 1. The SMILES string of the molecule is N#CC(CNC1C2C3CCC(C3)C12)C(F)(F)F. The summed E-state index contributed by atoms with van der Waals surface area (Å²) >= 11 is 0. The van der Waals surface area contributed by atoms with Crippen LogP contribution in [0.5, 0.6) is 0 Å². The van der Waals surface area contributed by atoms with E-state index < -0.39 is 12.1 Å². The Balaban J connectivity index is 1.52. The highest BCUT2D eigenvalue weighted by Crippen LogP contribution is 2.65. The van der Waals surface area contributed by atoms with Crippen molar-refractivity contribution in [3.05, 3.63) is 0 Å². The van der Waals surface area contributed by atoms with Crippen LogP contribution in [-0.4, -0.2) is 18.8 Å². The first kappa shape index (κ1) is 11.3. The molecule has 0 heterocycles. The second kappa shape index (κ2) is 3.61. The largest absolute Gasteiger partial charge is 0.405 e. The Bertz CT molecular complexity index is 344. The Labute approximate surface area is 98.2 Å². The topological polar surface area (TPSA) is 35.8 Å². The third-order valence-electron chi connectivity index (χ3n) is 4.84. The normalized spacial score (nSPS) is 44.2. The van der Waals surface area contributed by atoms with Gasteiger partial charge in [0.1, 0.15) is 0 Å². The molecule has 5 atom stereocenters. The summed E-state index contributed by atoms with van der Waals surface area (Å²) in [6.45, 7) is -0.239. The van der Waals surface area contributed by atoms with Crippen LogP contribution in [0.2, 0.25) is 0 Å². The molecular formula is C12H15F3N2. The van der Waals surface area contributed by atoms with E-state index in [1.807, 2.05) is 0 Å². The minimum absolute atomic E-state index is 0.239. The molecule has 3 rings (SSSR count). The van der Waals surface area contributed by atoms with Crippen molar-refractivity contribution < 1.29 is 13.2 Å². The predicted molar refractivity (Wildman–Crippen MR) is 54.8 cm³/mol. The third kappa shape index (κ3) is 1.74. The van der Waals surface area contributed by atoms with Gasteiger partial charge in [0.05, 0.1) is 6.07 Å². The number of halogens is 3. The summed E-state index contributed by atoms with van der Waals surface area (Å²) in [7, 11) is 0. The Morgan fingerprint density at radius 3 is 2.29 bits per heavy atom. The summed E-state index contributed by atoms with van der Waals surface area (Å²) in [4.78, 5) is 0. The van der Waals surface area contributed by atoms with Crippen LogP contribution in [0.15, 0.2) is 0 Å². The van der Waals surface area contributed by atoms with Crippen molar-refractivity contribution in [2.24, 2.45) is 29.6 Å². The standard InChI is InChI=1S/C12H15F3N2/c13-12(14,15)8(4-16)5-17-11-9-6-1-2-7(3-6)10(9)11/h6-11,17H,1-3,5H2. The lowest BCUT2D eigenvalue weighted by molar-refractivity contribution is -0.157. The quantitative estimate of drug-likeness (QED) is 0.827. The summed E-state index contributed by atoms with van der Waals surface area (Å²) in [5.41, 5.74) is 0. The number of hydrogen-bond donors (Lipinski definition) is 1. The van der Waals surface area contributed by atoms with E-state index in [0.29, 0.717) is 11.8 Å². The molecule has 5 unspecified atom stereocenters. The van der Waals surface area contributed by atoms with Crippen molar-refractivity contribution in [2.75, 3.05) is 6.54 Å². The van der Waals surface area contributed by atoms with Gasteiger partial charge in [-0.25, -0.2) is 0 Å². The lowest BCUT2D eigenvalue weighted by Crippen LogP contribution is -2.35. The summed E-state index contributed by atoms with van der Waals surface area (Å²) in [6, 6.07) is 1.60. The fraction of sp³-hybridized carbons (Fsp3) is 0.917. The van der Waals surface area contributed by atoms with Gasteiger partial charge in [0, 0.05) is 12.6 Å². The van der Waals surface area contributed by atoms with Crippen molar-refractivity contribution in [1.82, 2.24) is 5.32 Å². The Morgan fingerprint density at radius 2 is 1.82 bits per heavy atom. The highest BCUT2D eigenvalue weighted by Gasteiger charge is 2.64. The van der Waals surface area contributed by atoms with E-state index in [-0.39, 0.29) is 12.6 Å². The summed E-state index contributed by atoms with van der Waals surface area (Å²) in [5, 5.41) is 11.5. The Kier molecular flexibility index (Phi) is 2.41. The van der Waals surface area contributed by atoms with Gasteiger partial charge in [0.15, 0.2) is 5.92 Å². The van der Waals surface area contributed by atoms with E-state index >= 15 is 0 Å². The van der Waals surface area contributed by atoms with Gasteiger partial charge in [-0.1, -0.05) is 0 Å². The zero-order valence-electron chi connectivity index (χ0n) is 9.37. The Hall–Kier alpha value is -0.760. The second-order valence-electron chi connectivity index (χ2n) is 5.65. The van der Waals surface area contributed by atoms with Crippen LogP contribution in [0, 0.1) is 40.9 Å². The summed E-state index contributed by atoms with van der Waals surface area (Å²) in [6.07, 6.45) is -0.602. The first-order valence-electron chi connectivity index (χ1n) is 6.22. The van der Waals surface area contributed by atoms with Crippen LogP contribution in [0.3, 0.4) is 0 Å². The fourth-order valence-electron chi connectivity index (χ4n) is 4.09. The number of nitrogens with one attached hydrogen (secondary N) is 1. The van der Waals surface area contributed by atoms with Crippen LogP contribution in [-0.2, 0) is 0 Å². The van der Waals surface area contributed by atoms with Crippen molar-refractivity contribution in [1.29, 1.82) is 5.26 Å². The molecule has 3 aliphatic rings. The molecule has 0 amide bonds. The average Bonchev–Trinajstić information content (AvgIpc) is 2.67. The maximum atomic E-state index is 12.4. The van der Waals surface area contributed by atoms with E-state index in [0.717, 1.165) is 11.8 Å². The second-order valence-corrected chi connectivity index (χ2v) is 5.65. The highest BCUT2D eigenvalue weighted by atomic mass is 19.4. The van der Waals surface area contributed by atoms with Crippen molar-refractivity contribution in [3.8, 4) is 6.07 Å². The van der Waals surface area contributed by atoms with Gasteiger partial charge in [0.2, 0.25) is 0 Å². The number of hydrogen-bond acceptors (Lipinski definition) is 2. The van der Waals surface area contributed by atoms with Crippen LogP contribution >= 0.6 is 0 Å². The maximum Gasteiger partial charge on any atom is 0.405 e. The predicted octanol–water partition coefficient (Wildman–Crippen LogP) is 2.32. The molecule has 0 aromatic rings. The first-order chi connectivity index (χ1) is 8.02. The molecule has 3 saturated carbocycles. The summed E-state index contributed by atoms with van der Waals surface area (Å²) in [5.74, 6) is 0.854. The molecule has 0 radical (unpaired) electrons. The molecule has 0 aromatic heterocycles. The van der Waals surface area contributed by atoms with Crippen LogP contribution in [0.25, 0.3) is 0 Å². The van der Waals surface area contributed by atoms with Gasteiger partial charge in [0.25, 0.3) is 0 Å². The maximum absolute atomic E-state index is 12.4. The molecule has 0 saturated heterocycles. The molecule has 0 aliphatic heterocycles. The molecule has 5 heteroatoms. The smallest absolute Gasteiger partial charge is 0.312 e. The zero-order chi connectivity index (χ0) is 12.2. The molecule has 1 N–H and O–H groups in total. The van der Waals surface area contributed by atoms with Crippen molar-refractivity contribution >= 4 is 0 Å². The van der Waals surface area contributed by atoms with Crippen LogP contribution in [0.4, 0.5) is 13.2 Å². The molecule has 0 spiro atoms. The number of rotatable bonds is 3. The molecule has 3 aliphatic carbocycles. The van der Waals surface area contributed by atoms with E-state index in [9.17, 15) is 13.2 Å². The minimum Gasteiger partial charge on any atom is -0.312 e. The molecule has 2 nitrogen and oxygen atoms in total. The van der Waals surface area contributed by atoms with E-state index in [1.165, 1.54) is 25.3 Å². The monoisotopic (exact) mass is 244 g/mol. The molecule has 2 bridgehead atoms. The highest BCUT2D eigenvalue weighted by molar-refractivity contribution is 5.17. The molecule has 0 aromatic carbocycles. The minimum atomic E-state index is -4.40. The number of alkyl halides is 3. The summed E-state index contributed by atoms with van der Waals surface area (Å²) < 4.78 is 37.2. The van der Waals surface area contributed by atoms with Gasteiger partial charge in [-0.05, 0) is 42.9 Å². The Morgan fingerprint density at radius 1 is 1.24 bits per heavy atom. The average molecular weight is 244 g/mol. The molecule has 94 valence electrons. The van der Waals surface area contributed by atoms with Gasteiger partial charge in [-0.2, -0.15) is 18.4 Å². The van der Waals surface area contributed by atoms with Crippen molar-refractivity contribution in [3.63, 3.8) is 0 Å². The first-order valence-corrected chi connectivity index (χ1v) is 6.22. The van der Waals surface area contributed by atoms with E-state index in [2.05, 4.69) is 5.32 Å². The molecular weight excluding hydrogens is 229 g/mol. The van der Waals surface area contributed by atoms with Crippen LogP contribution in [0.1, 0.15) is 19.3 Å². The zero-order valence-corrected chi connectivity index (χ0v) is 9.37. The van der Waals surface area contributed by atoms with E-state index in [4.69, 9.17) is 5.26 Å². The van der Waals surface area contributed by atoms with Gasteiger partial charge < -0.3 is 5.32 Å². The molecule has 3 fully saturated rings. The number of fused-ring (bicyclic) bond motifs is 5. The lowest BCUT2D eigenvalue weighted by atomic mass is 10.0. The lowest BCUT2D eigenvalue weighted by Gasteiger charge is -2.15. The third-order valence-corrected chi connectivity index (χ3v) is 4.84. The van der Waals surface area contributed by atoms with Crippen LogP contribution < -0.4 is 5.32 Å². The van der Waals surface area contributed by atoms with Crippen molar-refractivity contribution in [2.45, 2.75) is 31.5 Å².